The summed E-state index contributed by atoms with van der Waals surface area (Å²) in [6.45, 7) is 1.12. The second-order valence-electron chi connectivity index (χ2n) is 2.76. The van der Waals surface area contributed by atoms with Gasteiger partial charge in [0.25, 0.3) is 5.91 Å². The minimum Gasteiger partial charge on any atom is -0.351 e. The summed E-state index contributed by atoms with van der Waals surface area (Å²) in [6, 6.07) is 3.15. The van der Waals surface area contributed by atoms with Crippen molar-refractivity contribution >= 4 is 17.5 Å². The summed E-state index contributed by atoms with van der Waals surface area (Å²) < 4.78 is 0. The first-order chi connectivity index (χ1) is 6.74. The van der Waals surface area contributed by atoms with Crippen molar-refractivity contribution in [1.82, 2.24) is 10.3 Å². The molecule has 5 heteroatoms. The molecule has 3 N–H and O–H groups in total. The van der Waals surface area contributed by atoms with Gasteiger partial charge < -0.3 is 11.1 Å². The number of nitrogens with two attached hydrogens (primary N) is 1. The molecule has 0 aliphatic carbocycles. The Bertz CT molecular complexity index is 317. The molecule has 0 aliphatic rings. The van der Waals surface area contributed by atoms with Gasteiger partial charge >= 0.3 is 0 Å². The highest BCUT2D eigenvalue weighted by molar-refractivity contribution is 6.30. The number of amides is 1. The Kier molecular flexibility index (Phi) is 4.35. The van der Waals surface area contributed by atoms with Crippen molar-refractivity contribution < 1.29 is 4.79 Å². The van der Waals surface area contributed by atoms with E-state index in [0.29, 0.717) is 23.8 Å². The van der Waals surface area contributed by atoms with E-state index >= 15 is 0 Å². The van der Waals surface area contributed by atoms with Crippen molar-refractivity contribution in [1.29, 1.82) is 0 Å². The Balaban J connectivity index is 2.52. The Hall–Kier alpha value is -1.13. The first kappa shape index (κ1) is 10.9. The van der Waals surface area contributed by atoms with Crippen LogP contribution in [0.25, 0.3) is 0 Å². The van der Waals surface area contributed by atoms with Crippen molar-refractivity contribution in [2.75, 3.05) is 13.1 Å². The van der Waals surface area contributed by atoms with Gasteiger partial charge in [0.15, 0.2) is 0 Å². The topological polar surface area (TPSA) is 68.0 Å². The second-order valence-corrected chi connectivity index (χ2v) is 3.19. The maximum atomic E-state index is 11.4. The number of hydrogen-bond donors (Lipinski definition) is 2. The Morgan fingerprint density at radius 1 is 1.64 bits per heavy atom. The minimum absolute atomic E-state index is 0.221. The van der Waals surface area contributed by atoms with Crippen LogP contribution in [0.2, 0.25) is 5.02 Å². The summed E-state index contributed by atoms with van der Waals surface area (Å²) in [5, 5.41) is 3.19. The van der Waals surface area contributed by atoms with E-state index in [1.165, 1.54) is 12.3 Å². The zero-order chi connectivity index (χ0) is 10.4. The molecule has 1 aromatic heterocycles. The van der Waals surface area contributed by atoms with Gasteiger partial charge in [0.05, 0.1) is 0 Å². The van der Waals surface area contributed by atoms with Crippen LogP contribution >= 0.6 is 11.6 Å². The van der Waals surface area contributed by atoms with Gasteiger partial charge in [-0.2, -0.15) is 0 Å². The van der Waals surface area contributed by atoms with Crippen LogP contribution in [0, 0.1) is 0 Å². The van der Waals surface area contributed by atoms with E-state index in [9.17, 15) is 4.79 Å². The molecule has 0 saturated heterocycles. The Labute approximate surface area is 87.5 Å². The van der Waals surface area contributed by atoms with Gasteiger partial charge in [-0.25, -0.2) is 0 Å². The summed E-state index contributed by atoms with van der Waals surface area (Å²) in [5.74, 6) is -0.221. The number of aromatic nitrogens is 1. The summed E-state index contributed by atoms with van der Waals surface area (Å²) in [7, 11) is 0. The van der Waals surface area contributed by atoms with E-state index in [2.05, 4.69) is 10.3 Å². The highest BCUT2D eigenvalue weighted by Crippen LogP contribution is 2.07. The Morgan fingerprint density at radius 2 is 2.43 bits per heavy atom. The van der Waals surface area contributed by atoms with E-state index < -0.39 is 0 Å². The molecule has 0 bridgehead atoms. The number of rotatable bonds is 4. The van der Waals surface area contributed by atoms with Crippen molar-refractivity contribution in [2.24, 2.45) is 5.73 Å². The van der Waals surface area contributed by atoms with E-state index in [0.717, 1.165) is 6.42 Å². The first-order valence-corrected chi connectivity index (χ1v) is 4.71. The summed E-state index contributed by atoms with van der Waals surface area (Å²) in [4.78, 5) is 15.3. The highest BCUT2D eigenvalue weighted by Gasteiger charge is 2.05. The molecule has 0 spiro atoms. The summed E-state index contributed by atoms with van der Waals surface area (Å²) in [6.07, 6.45) is 2.26. The minimum atomic E-state index is -0.221. The van der Waals surface area contributed by atoms with Crippen LogP contribution in [0.1, 0.15) is 16.9 Å². The highest BCUT2D eigenvalue weighted by atomic mass is 35.5. The Morgan fingerprint density at radius 3 is 3.07 bits per heavy atom. The predicted molar refractivity (Wildman–Crippen MR) is 55.3 cm³/mol. The quantitative estimate of drug-likeness (QED) is 0.728. The zero-order valence-electron chi connectivity index (χ0n) is 7.66. The molecule has 14 heavy (non-hydrogen) atoms. The SMILES string of the molecule is NCCCNC(=O)c1cc(Cl)ccn1. The smallest absolute Gasteiger partial charge is 0.269 e. The van der Waals surface area contributed by atoms with E-state index in [4.69, 9.17) is 17.3 Å². The summed E-state index contributed by atoms with van der Waals surface area (Å²) >= 11 is 5.71. The third-order valence-electron chi connectivity index (χ3n) is 1.62. The normalized spacial score (nSPS) is 9.86. The third-order valence-corrected chi connectivity index (χ3v) is 1.86. The number of carbonyl (C=O) groups is 1. The molecular formula is C9H12ClN3O. The number of carbonyl (C=O) groups excluding carboxylic acids is 1. The number of hydrogen-bond acceptors (Lipinski definition) is 3. The fraction of sp³-hybridized carbons (Fsp3) is 0.333. The summed E-state index contributed by atoms with van der Waals surface area (Å²) in [5.41, 5.74) is 5.62. The van der Waals surface area contributed by atoms with Crippen molar-refractivity contribution in [2.45, 2.75) is 6.42 Å². The van der Waals surface area contributed by atoms with Crippen LogP contribution in [0.4, 0.5) is 0 Å². The molecule has 0 unspecified atom stereocenters. The largest absolute Gasteiger partial charge is 0.351 e. The van der Waals surface area contributed by atoms with E-state index in [1.54, 1.807) is 6.07 Å². The molecule has 76 valence electrons. The fourth-order valence-corrected chi connectivity index (χ4v) is 1.08. The van der Waals surface area contributed by atoms with Gasteiger partial charge in [-0.05, 0) is 25.1 Å². The molecule has 0 aromatic carbocycles. The third kappa shape index (κ3) is 3.32. The van der Waals surface area contributed by atoms with Gasteiger partial charge in [-0.1, -0.05) is 11.6 Å². The molecule has 0 fully saturated rings. The van der Waals surface area contributed by atoms with Gasteiger partial charge in [0.1, 0.15) is 5.69 Å². The predicted octanol–water partition coefficient (Wildman–Crippen LogP) is 0.814. The second kappa shape index (κ2) is 5.57. The van der Waals surface area contributed by atoms with Gasteiger partial charge in [0.2, 0.25) is 0 Å². The number of pyridine rings is 1. The van der Waals surface area contributed by atoms with Crippen molar-refractivity contribution in [3.63, 3.8) is 0 Å². The van der Waals surface area contributed by atoms with Crippen LogP contribution in [0.3, 0.4) is 0 Å². The molecule has 4 nitrogen and oxygen atoms in total. The van der Waals surface area contributed by atoms with Gasteiger partial charge in [-0.15, -0.1) is 0 Å². The average Bonchev–Trinajstić information content (AvgIpc) is 2.18. The van der Waals surface area contributed by atoms with Crippen molar-refractivity contribution in [3.05, 3.63) is 29.0 Å². The lowest BCUT2D eigenvalue weighted by molar-refractivity contribution is 0.0948. The average molecular weight is 214 g/mol. The molecule has 0 radical (unpaired) electrons. The lowest BCUT2D eigenvalue weighted by Crippen LogP contribution is -2.26. The molecule has 0 saturated carbocycles. The van der Waals surface area contributed by atoms with E-state index in [-0.39, 0.29) is 5.91 Å². The fourth-order valence-electron chi connectivity index (χ4n) is 0.923. The van der Waals surface area contributed by atoms with Crippen LogP contribution < -0.4 is 11.1 Å². The zero-order valence-corrected chi connectivity index (χ0v) is 8.42. The number of halogens is 1. The molecular weight excluding hydrogens is 202 g/mol. The number of nitrogens with zero attached hydrogens (tertiary/aromatic N) is 1. The molecule has 1 rings (SSSR count). The molecule has 0 aliphatic heterocycles. The van der Waals surface area contributed by atoms with Gasteiger partial charge in [0, 0.05) is 17.8 Å². The van der Waals surface area contributed by atoms with Crippen LogP contribution in [0.15, 0.2) is 18.3 Å². The first-order valence-electron chi connectivity index (χ1n) is 4.34. The number of nitrogens with one attached hydrogen (secondary N) is 1. The lowest BCUT2D eigenvalue weighted by Gasteiger charge is -2.02. The monoisotopic (exact) mass is 213 g/mol. The molecule has 1 aromatic rings. The van der Waals surface area contributed by atoms with Crippen LogP contribution in [-0.2, 0) is 0 Å². The molecule has 1 amide bonds. The maximum absolute atomic E-state index is 11.4. The van der Waals surface area contributed by atoms with Crippen LogP contribution in [-0.4, -0.2) is 24.0 Å². The van der Waals surface area contributed by atoms with Crippen LogP contribution in [0.5, 0.6) is 0 Å². The maximum Gasteiger partial charge on any atom is 0.269 e. The lowest BCUT2D eigenvalue weighted by atomic mass is 10.3. The molecule has 1 heterocycles. The van der Waals surface area contributed by atoms with E-state index in [1.807, 2.05) is 0 Å². The molecule has 0 atom stereocenters. The van der Waals surface area contributed by atoms with Crippen molar-refractivity contribution in [3.8, 4) is 0 Å². The standard InChI is InChI=1S/C9H12ClN3O/c10-7-2-5-12-8(6-7)9(14)13-4-1-3-11/h2,5-6H,1,3-4,11H2,(H,13,14). The van der Waals surface area contributed by atoms with Gasteiger partial charge in [-0.3, -0.25) is 9.78 Å².